The first kappa shape index (κ1) is 14.8. The smallest absolute Gasteiger partial charge is 0.326 e. The van der Waals surface area contributed by atoms with Gasteiger partial charge >= 0.3 is 5.97 Å². The van der Waals surface area contributed by atoms with Gasteiger partial charge in [0.15, 0.2) is 0 Å². The molecule has 0 radical (unpaired) electrons. The fourth-order valence-corrected chi connectivity index (χ4v) is 3.38. The minimum absolute atomic E-state index is 0.197. The molecule has 1 saturated carbocycles. The van der Waals surface area contributed by atoms with Gasteiger partial charge in [-0.3, -0.25) is 4.79 Å². The summed E-state index contributed by atoms with van der Waals surface area (Å²) in [6.45, 7) is 6.64. The normalized spacial score (nSPS) is 28.6. The van der Waals surface area contributed by atoms with Gasteiger partial charge in [-0.1, -0.05) is 20.3 Å². The van der Waals surface area contributed by atoms with Crippen LogP contribution >= 0.6 is 11.8 Å². The van der Waals surface area contributed by atoms with Gasteiger partial charge in [0, 0.05) is 0 Å². The third kappa shape index (κ3) is 3.88. The Morgan fingerprint density at radius 3 is 2.88 bits per heavy atom. The molecule has 1 aliphatic carbocycles. The average molecular weight is 259 g/mol. The quantitative estimate of drug-likeness (QED) is 0.745. The molecule has 0 aromatic carbocycles. The van der Waals surface area contributed by atoms with Crippen LogP contribution in [0.3, 0.4) is 0 Å². The molecule has 0 bridgehead atoms. The summed E-state index contributed by atoms with van der Waals surface area (Å²) in [5, 5.41) is 0.645. The lowest BCUT2D eigenvalue weighted by Crippen LogP contribution is -2.52. The summed E-state index contributed by atoms with van der Waals surface area (Å²) in [5.41, 5.74) is 5.55. The highest BCUT2D eigenvalue weighted by atomic mass is 32.2. The molecule has 100 valence electrons. The van der Waals surface area contributed by atoms with Crippen molar-refractivity contribution < 1.29 is 9.53 Å². The number of thioether (sulfide) groups is 1. The number of esters is 1. The average Bonchev–Trinajstić information content (AvgIpc) is 2.62. The summed E-state index contributed by atoms with van der Waals surface area (Å²) in [7, 11) is 0. The highest BCUT2D eigenvalue weighted by molar-refractivity contribution is 7.99. The van der Waals surface area contributed by atoms with Crippen molar-refractivity contribution in [3.63, 3.8) is 0 Å². The molecule has 3 nitrogen and oxygen atoms in total. The Morgan fingerprint density at radius 1 is 1.59 bits per heavy atom. The lowest BCUT2D eigenvalue weighted by molar-refractivity contribution is -0.151. The van der Waals surface area contributed by atoms with Crippen molar-refractivity contribution in [3.8, 4) is 0 Å². The second kappa shape index (κ2) is 6.64. The predicted molar refractivity (Wildman–Crippen MR) is 73.1 cm³/mol. The van der Waals surface area contributed by atoms with Gasteiger partial charge in [0.25, 0.3) is 0 Å². The summed E-state index contributed by atoms with van der Waals surface area (Å²) in [6, 6.07) is 0. The molecular weight excluding hydrogens is 234 g/mol. The van der Waals surface area contributed by atoms with Gasteiger partial charge in [0.2, 0.25) is 0 Å². The Hall–Kier alpha value is -0.220. The Balaban J connectivity index is 2.49. The fourth-order valence-electron chi connectivity index (χ4n) is 2.48. The van der Waals surface area contributed by atoms with Gasteiger partial charge in [-0.2, -0.15) is 11.8 Å². The van der Waals surface area contributed by atoms with Crippen molar-refractivity contribution in [1.29, 1.82) is 0 Å². The minimum atomic E-state index is -0.715. The Kier molecular flexibility index (Phi) is 5.80. The third-order valence-electron chi connectivity index (χ3n) is 3.44. The topological polar surface area (TPSA) is 52.3 Å². The van der Waals surface area contributed by atoms with E-state index in [0.29, 0.717) is 17.8 Å². The number of carbonyl (C=O) groups is 1. The molecule has 1 rings (SSSR count). The Labute approximate surface area is 109 Å². The molecule has 2 atom stereocenters. The van der Waals surface area contributed by atoms with Crippen LogP contribution in [0.4, 0.5) is 0 Å². The van der Waals surface area contributed by atoms with E-state index in [1.54, 1.807) is 0 Å². The van der Waals surface area contributed by atoms with E-state index in [9.17, 15) is 4.79 Å². The van der Waals surface area contributed by atoms with Crippen LogP contribution < -0.4 is 5.73 Å². The molecule has 0 heterocycles. The lowest BCUT2D eigenvalue weighted by atomic mass is 9.86. The molecule has 2 unspecified atom stereocenters. The fraction of sp³-hybridized carbons (Fsp3) is 0.923. The van der Waals surface area contributed by atoms with Gasteiger partial charge in [0.1, 0.15) is 5.54 Å². The number of nitrogens with two attached hydrogens (primary N) is 1. The van der Waals surface area contributed by atoms with E-state index >= 15 is 0 Å². The SMILES string of the molecule is CCOC(=O)C1(N)CCCC1CCSC(C)C. The van der Waals surface area contributed by atoms with Crippen LogP contribution in [0.25, 0.3) is 0 Å². The number of ether oxygens (including phenoxy) is 1. The molecule has 4 heteroatoms. The summed E-state index contributed by atoms with van der Waals surface area (Å²) >= 11 is 1.94. The van der Waals surface area contributed by atoms with Gasteiger partial charge in [-0.15, -0.1) is 0 Å². The molecular formula is C13H25NO2S. The van der Waals surface area contributed by atoms with Crippen molar-refractivity contribution in [3.05, 3.63) is 0 Å². The van der Waals surface area contributed by atoms with E-state index in [0.717, 1.165) is 31.4 Å². The van der Waals surface area contributed by atoms with Crippen molar-refractivity contribution in [1.82, 2.24) is 0 Å². The van der Waals surface area contributed by atoms with Crippen LogP contribution in [0.15, 0.2) is 0 Å². The molecule has 0 saturated heterocycles. The number of hydrogen-bond donors (Lipinski definition) is 1. The Morgan fingerprint density at radius 2 is 2.29 bits per heavy atom. The summed E-state index contributed by atoms with van der Waals surface area (Å²) in [5.74, 6) is 1.19. The van der Waals surface area contributed by atoms with E-state index in [1.807, 2.05) is 18.7 Å². The van der Waals surface area contributed by atoms with Crippen LogP contribution in [-0.4, -0.2) is 29.1 Å². The van der Waals surface area contributed by atoms with E-state index in [4.69, 9.17) is 10.5 Å². The minimum Gasteiger partial charge on any atom is -0.465 e. The zero-order chi connectivity index (χ0) is 12.9. The van der Waals surface area contributed by atoms with Crippen molar-refractivity contribution in [2.75, 3.05) is 12.4 Å². The van der Waals surface area contributed by atoms with Crippen LogP contribution in [0.5, 0.6) is 0 Å². The van der Waals surface area contributed by atoms with E-state index in [1.165, 1.54) is 0 Å². The molecule has 17 heavy (non-hydrogen) atoms. The van der Waals surface area contributed by atoms with Crippen molar-refractivity contribution >= 4 is 17.7 Å². The molecule has 0 aromatic heterocycles. The highest BCUT2D eigenvalue weighted by Crippen LogP contribution is 2.37. The lowest BCUT2D eigenvalue weighted by Gasteiger charge is -2.29. The molecule has 1 aliphatic rings. The van der Waals surface area contributed by atoms with Crippen LogP contribution in [-0.2, 0) is 9.53 Å². The summed E-state index contributed by atoms with van der Waals surface area (Å²) < 4.78 is 5.12. The summed E-state index contributed by atoms with van der Waals surface area (Å²) in [4.78, 5) is 11.9. The van der Waals surface area contributed by atoms with Crippen molar-refractivity contribution in [2.24, 2.45) is 11.7 Å². The molecule has 0 aliphatic heterocycles. The van der Waals surface area contributed by atoms with Gasteiger partial charge in [-0.05, 0) is 43.1 Å². The third-order valence-corrected chi connectivity index (χ3v) is 4.58. The molecule has 0 aromatic rings. The van der Waals surface area contributed by atoms with Crippen LogP contribution in [0.1, 0.15) is 46.5 Å². The van der Waals surface area contributed by atoms with E-state index in [2.05, 4.69) is 13.8 Å². The second-order valence-electron chi connectivity index (χ2n) is 5.06. The van der Waals surface area contributed by atoms with Gasteiger partial charge in [-0.25, -0.2) is 0 Å². The second-order valence-corrected chi connectivity index (χ2v) is 6.74. The monoisotopic (exact) mass is 259 g/mol. The highest BCUT2D eigenvalue weighted by Gasteiger charge is 2.46. The van der Waals surface area contributed by atoms with Gasteiger partial charge in [0.05, 0.1) is 6.61 Å². The first-order valence-corrected chi connectivity index (χ1v) is 7.63. The zero-order valence-corrected chi connectivity index (χ0v) is 12.0. The summed E-state index contributed by atoms with van der Waals surface area (Å²) in [6.07, 6.45) is 3.92. The van der Waals surface area contributed by atoms with Crippen LogP contribution in [0, 0.1) is 5.92 Å². The van der Waals surface area contributed by atoms with Gasteiger partial charge < -0.3 is 10.5 Å². The van der Waals surface area contributed by atoms with Crippen molar-refractivity contribution in [2.45, 2.75) is 57.2 Å². The maximum Gasteiger partial charge on any atom is 0.326 e. The molecule has 0 amide bonds. The molecule has 1 fully saturated rings. The first-order chi connectivity index (χ1) is 8.00. The van der Waals surface area contributed by atoms with E-state index < -0.39 is 5.54 Å². The Bertz CT molecular complexity index is 258. The predicted octanol–water partition coefficient (Wildman–Crippen LogP) is 2.58. The number of carbonyl (C=O) groups excluding carboxylic acids is 1. The number of hydrogen-bond acceptors (Lipinski definition) is 4. The standard InChI is InChI=1S/C13H25NO2S/c1-4-16-12(15)13(14)8-5-6-11(13)7-9-17-10(2)3/h10-11H,4-9,14H2,1-3H3. The van der Waals surface area contributed by atoms with Crippen LogP contribution in [0.2, 0.25) is 0 Å². The first-order valence-electron chi connectivity index (χ1n) is 6.58. The maximum atomic E-state index is 11.9. The number of rotatable bonds is 6. The molecule has 2 N–H and O–H groups in total. The molecule has 0 spiro atoms. The maximum absolute atomic E-state index is 11.9. The zero-order valence-electron chi connectivity index (χ0n) is 11.2. The van der Waals surface area contributed by atoms with E-state index in [-0.39, 0.29) is 5.97 Å². The largest absolute Gasteiger partial charge is 0.465 e.